The molecule has 1 atom stereocenters. The maximum atomic E-state index is 13.4. The molecule has 0 aliphatic carbocycles. The van der Waals surface area contributed by atoms with E-state index in [-0.39, 0.29) is 12.5 Å². The zero-order valence-corrected chi connectivity index (χ0v) is 19.5. The molecule has 1 heterocycles. The molecular weight excluding hydrogens is 416 g/mol. The van der Waals surface area contributed by atoms with Gasteiger partial charge in [-0.1, -0.05) is 17.7 Å². The number of methoxy groups -OCH3 is 2. The van der Waals surface area contributed by atoms with Gasteiger partial charge in [-0.15, -0.1) is 0 Å². The Hall–Kier alpha value is -2.58. The van der Waals surface area contributed by atoms with Gasteiger partial charge in [0.05, 0.1) is 30.7 Å². The zero-order valence-electron chi connectivity index (χ0n) is 18.7. The first-order valence-corrected chi connectivity index (χ1v) is 11.7. The Balaban J connectivity index is 1.80. The van der Waals surface area contributed by atoms with E-state index in [1.165, 1.54) is 11.4 Å². The van der Waals surface area contributed by atoms with Crippen molar-refractivity contribution in [2.45, 2.75) is 38.5 Å². The molecular formula is C23H30N2O5S. The molecule has 2 aromatic carbocycles. The lowest BCUT2D eigenvalue weighted by Gasteiger charge is -2.32. The van der Waals surface area contributed by atoms with Crippen molar-refractivity contribution in [1.29, 1.82) is 0 Å². The van der Waals surface area contributed by atoms with Gasteiger partial charge in [0.2, 0.25) is 15.9 Å². The van der Waals surface area contributed by atoms with Crippen molar-refractivity contribution in [3.05, 3.63) is 47.0 Å². The van der Waals surface area contributed by atoms with Crippen LogP contribution in [0.25, 0.3) is 0 Å². The van der Waals surface area contributed by atoms with Gasteiger partial charge >= 0.3 is 0 Å². The third-order valence-electron chi connectivity index (χ3n) is 5.62. The van der Waals surface area contributed by atoms with E-state index in [9.17, 15) is 13.2 Å². The van der Waals surface area contributed by atoms with Crippen LogP contribution in [0.3, 0.4) is 0 Å². The Labute approximate surface area is 184 Å². The monoisotopic (exact) mass is 446 g/mol. The predicted octanol–water partition coefficient (Wildman–Crippen LogP) is 3.67. The number of carbonyl (C=O) groups excluding carboxylic acids is 1. The van der Waals surface area contributed by atoms with Gasteiger partial charge < -0.3 is 14.8 Å². The molecule has 1 N–H and O–H groups in total. The van der Waals surface area contributed by atoms with Gasteiger partial charge in [-0.05, 0) is 56.9 Å². The highest BCUT2D eigenvalue weighted by Gasteiger charge is 2.35. The minimum absolute atomic E-state index is 0.152. The maximum Gasteiger partial charge on any atom is 0.243 e. The van der Waals surface area contributed by atoms with E-state index in [1.807, 2.05) is 32.9 Å². The smallest absolute Gasteiger partial charge is 0.243 e. The van der Waals surface area contributed by atoms with Gasteiger partial charge in [-0.2, -0.15) is 4.31 Å². The average Bonchev–Trinajstić information content (AvgIpc) is 2.73. The van der Waals surface area contributed by atoms with Crippen LogP contribution in [0.1, 0.15) is 29.5 Å². The zero-order chi connectivity index (χ0) is 22.8. The molecule has 3 rings (SSSR count). The summed E-state index contributed by atoms with van der Waals surface area (Å²) < 4.78 is 38.8. The first kappa shape index (κ1) is 23.1. The summed E-state index contributed by atoms with van der Waals surface area (Å²) in [6, 6.07) is 8.90. The Morgan fingerprint density at radius 2 is 1.74 bits per heavy atom. The van der Waals surface area contributed by atoms with Crippen LogP contribution in [0, 0.1) is 26.7 Å². The summed E-state index contributed by atoms with van der Waals surface area (Å²) in [7, 11) is -0.613. The molecule has 1 saturated heterocycles. The topological polar surface area (TPSA) is 84.9 Å². The molecule has 31 heavy (non-hydrogen) atoms. The standard InChI is InChI=1S/C23H30N2O5S/c1-15-11-16(2)22(17(3)12-15)31(27,28)25-10-6-7-18(14-25)23(26)24-20-9-8-19(29-4)13-21(20)30-5/h8-9,11-13,18H,6-7,10,14H2,1-5H3,(H,24,26)/t18-/m1/s1. The number of rotatable bonds is 6. The second-order valence-electron chi connectivity index (χ2n) is 7.99. The molecule has 0 aromatic heterocycles. The lowest BCUT2D eigenvalue weighted by atomic mass is 9.98. The summed E-state index contributed by atoms with van der Waals surface area (Å²) in [6.45, 7) is 6.14. The van der Waals surface area contributed by atoms with Crippen molar-refractivity contribution in [1.82, 2.24) is 4.31 Å². The van der Waals surface area contributed by atoms with Gasteiger partial charge in [0.1, 0.15) is 11.5 Å². The van der Waals surface area contributed by atoms with Crippen molar-refractivity contribution in [2.75, 3.05) is 32.6 Å². The number of anilines is 1. The highest BCUT2D eigenvalue weighted by Crippen LogP contribution is 2.32. The Bertz CT molecular complexity index is 1060. The van der Waals surface area contributed by atoms with Crippen molar-refractivity contribution < 1.29 is 22.7 Å². The SMILES string of the molecule is COc1ccc(NC(=O)[C@@H]2CCCN(S(=O)(=O)c3c(C)cc(C)cc3C)C2)c(OC)c1. The summed E-state index contributed by atoms with van der Waals surface area (Å²) in [5.41, 5.74) is 3.01. The highest BCUT2D eigenvalue weighted by molar-refractivity contribution is 7.89. The lowest BCUT2D eigenvalue weighted by molar-refractivity contribution is -0.120. The van der Waals surface area contributed by atoms with E-state index in [4.69, 9.17) is 9.47 Å². The number of amides is 1. The number of ether oxygens (including phenoxy) is 2. The number of nitrogens with one attached hydrogen (secondary N) is 1. The maximum absolute atomic E-state index is 13.4. The quantitative estimate of drug-likeness (QED) is 0.732. The van der Waals surface area contributed by atoms with E-state index < -0.39 is 15.9 Å². The first-order valence-electron chi connectivity index (χ1n) is 10.3. The molecule has 1 fully saturated rings. The molecule has 0 saturated carbocycles. The third kappa shape index (κ3) is 4.85. The van der Waals surface area contributed by atoms with Crippen LogP contribution in [0.5, 0.6) is 11.5 Å². The van der Waals surface area contributed by atoms with Gasteiger partial charge in [0.15, 0.2) is 0 Å². The molecule has 0 spiro atoms. The Kier molecular flexibility index (Phi) is 6.91. The number of hydrogen-bond donors (Lipinski definition) is 1. The average molecular weight is 447 g/mol. The van der Waals surface area contributed by atoms with Crippen LogP contribution in [0.4, 0.5) is 5.69 Å². The van der Waals surface area contributed by atoms with Gasteiger partial charge in [0.25, 0.3) is 0 Å². The molecule has 0 unspecified atom stereocenters. The molecule has 0 bridgehead atoms. The Morgan fingerprint density at radius 3 is 2.35 bits per heavy atom. The molecule has 1 amide bonds. The second-order valence-corrected chi connectivity index (χ2v) is 9.86. The van der Waals surface area contributed by atoms with Crippen LogP contribution in [0.2, 0.25) is 0 Å². The lowest BCUT2D eigenvalue weighted by Crippen LogP contribution is -2.44. The minimum atomic E-state index is -3.69. The molecule has 0 radical (unpaired) electrons. The number of carbonyl (C=O) groups is 1. The summed E-state index contributed by atoms with van der Waals surface area (Å²) in [4.78, 5) is 13.3. The van der Waals surface area contributed by atoms with Crippen LogP contribution in [-0.2, 0) is 14.8 Å². The fraction of sp³-hybridized carbons (Fsp3) is 0.435. The third-order valence-corrected chi connectivity index (χ3v) is 7.80. The Morgan fingerprint density at radius 1 is 1.06 bits per heavy atom. The van der Waals surface area contributed by atoms with Crippen molar-refractivity contribution >= 4 is 21.6 Å². The molecule has 7 nitrogen and oxygen atoms in total. The van der Waals surface area contributed by atoms with Crippen LogP contribution < -0.4 is 14.8 Å². The molecule has 1 aliphatic rings. The predicted molar refractivity (Wildman–Crippen MR) is 120 cm³/mol. The van der Waals surface area contributed by atoms with E-state index in [2.05, 4.69) is 5.32 Å². The highest BCUT2D eigenvalue weighted by atomic mass is 32.2. The van der Waals surface area contributed by atoms with E-state index >= 15 is 0 Å². The molecule has 1 aliphatic heterocycles. The van der Waals surface area contributed by atoms with E-state index in [0.717, 1.165) is 16.7 Å². The first-order chi connectivity index (χ1) is 14.7. The fourth-order valence-corrected chi connectivity index (χ4v) is 6.15. The van der Waals surface area contributed by atoms with Crippen LogP contribution >= 0.6 is 0 Å². The van der Waals surface area contributed by atoms with Crippen LogP contribution in [-0.4, -0.2) is 45.9 Å². The number of piperidine rings is 1. The summed E-state index contributed by atoms with van der Waals surface area (Å²) in [5, 5.41) is 2.88. The van der Waals surface area contributed by atoms with Gasteiger partial charge in [-0.3, -0.25) is 4.79 Å². The number of aryl methyl sites for hydroxylation is 3. The van der Waals surface area contributed by atoms with Gasteiger partial charge in [-0.25, -0.2) is 8.42 Å². The number of nitrogens with zero attached hydrogens (tertiary/aromatic N) is 1. The van der Waals surface area contributed by atoms with E-state index in [1.54, 1.807) is 25.3 Å². The van der Waals surface area contributed by atoms with Crippen molar-refractivity contribution in [2.24, 2.45) is 5.92 Å². The van der Waals surface area contributed by atoms with Crippen molar-refractivity contribution in [3.8, 4) is 11.5 Å². The molecule has 2 aromatic rings. The number of sulfonamides is 1. The molecule has 168 valence electrons. The van der Waals surface area contributed by atoms with E-state index in [0.29, 0.717) is 41.5 Å². The fourth-order valence-electron chi connectivity index (χ4n) is 4.21. The summed E-state index contributed by atoms with van der Waals surface area (Å²) in [6.07, 6.45) is 1.25. The van der Waals surface area contributed by atoms with Gasteiger partial charge in [0, 0.05) is 19.2 Å². The summed E-state index contributed by atoms with van der Waals surface area (Å²) in [5.74, 6) is 0.439. The number of hydrogen-bond acceptors (Lipinski definition) is 5. The molecule has 8 heteroatoms. The summed E-state index contributed by atoms with van der Waals surface area (Å²) >= 11 is 0. The normalized spacial score (nSPS) is 17.3. The van der Waals surface area contributed by atoms with Crippen molar-refractivity contribution in [3.63, 3.8) is 0 Å². The minimum Gasteiger partial charge on any atom is -0.497 e. The number of benzene rings is 2. The second kappa shape index (κ2) is 9.28. The van der Waals surface area contributed by atoms with Crippen LogP contribution in [0.15, 0.2) is 35.2 Å². The largest absolute Gasteiger partial charge is 0.497 e.